The number of benzene rings is 4. The summed E-state index contributed by atoms with van der Waals surface area (Å²) in [6, 6.07) is 48.1. The van der Waals surface area contributed by atoms with Crippen molar-refractivity contribution in [3.63, 3.8) is 0 Å². The third-order valence-corrected chi connectivity index (χ3v) is 24.3. The van der Waals surface area contributed by atoms with E-state index in [4.69, 9.17) is 0 Å². The second kappa shape index (κ2) is 8.06. The van der Waals surface area contributed by atoms with Crippen molar-refractivity contribution < 1.29 is 0 Å². The zero-order chi connectivity index (χ0) is 20.3. The SMILES string of the molecule is C1=CC[Si](c2ccccc2)(c2ccccc2)[Si](c2ccccc2)(c2ccccc2)C1. The summed E-state index contributed by atoms with van der Waals surface area (Å²) in [6.45, 7) is 0. The van der Waals surface area contributed by atoms with Crippen molar-refractivity contribution in [3.8, 4) is 0 Å². The Labute approximate surface area is 181 Å². The molecule has 1 aliphatic rings. The maximum Gasteiger partial charge on any atom is 0.125 e. The second-order valence-corrected chi connectivity index (χ2v) is 20.0. The molecule has 0 aliphatic carbocycles. The van der Waals surface area contributed by atoms with Gasteiger partial charge in [-0.1, -0.05) is 154 Å². The van der Waals surface area contributed by atoms with Crippen molar-refractivity contribution in [2.24, 2.45) is 0 Å². The first kappa shape index (κ1) is 19.0. The van der Waals surface area contributed by atoms with E-state index in [0.717, 1.165) is 12.1 Å². The molecule has 5 rings (SSSR count). The molecule has 2 heteroatoms. The van der Waals surface area contributed by atoms with Crippen LogP contribution in [-0.4, -0.2) is 15.2 Å². The minimum Gasteiger partial charge on any atom is -0.0910 e. The lowest BCUT2D eigenvalue weighted by molar-refractivity contribution is 1.46. The average Bonchev–Trinajstić information content (AvgIpc) is 2.86. The highest BCUT2D eigenvalue weighted by Crippen LogP contribution is 2.32. The van der Waals surface area contributed by atoms with Gasteiger partial charge in [0, 0.05) is 0 Å². The molecule has 1 aliphatic heterocycles. The van der Waals surface area contributed by atoms with Gasteiger partial charge in [-0.25, -0.2) is 0 Å². The summed E-state index contributed by atoms with van der Waals surface area (Å²) in [4.78, 5) is 0. The van der Waals surface area contributed by atoms with E-state index in [-0.39, 0.29) is 0 Å². The molecule has 30 heavy (non-hydrogen) atoms. The molecule has 0 saturated heterocycles. The number of hydrogen-bond donors (Lipinski definition) is 0. The van der Waals surface area contributed by atoms with Crippen molar-refractivity contribution in [1.29, 1.82) is 0 Å². The van der Waals surface area contributed by atoms with E-state index in [1.807, 2.05) is 0 Å². The van der Waals surface area contributed by atoms with Crippen LogP contribution in [0.15, 0.2) is 133 Å². The molecular formula is C28H26Si2. The normalized spacial score (nSPS) is 16.8. The van der Waals surface area contributed by atoms with Crippen LogP contribution in [0.1, 0.15) is 0 Å². The van der Waals surface area contributed by atoms with Crippen molar-refractivity contribution in [2.75, 3.05) is 0 Å². The van der Waals surface area contributed by atoms with Gasteiger partial charge in [-0.3, -0.25) is 0 Å². The molecule has 0 spiro atoms. The molecule has 4 aromatic carbocycles. The first-order valence-corrected chi connectivity index (χ1v) is 16.2. The van der Waals surface area contributed by atoms with E-state index in [1.165, 1.54) is 0 Å². The van der Waals surface area contributed by atoms with Crippen LogP contribution in [0.4, 0.5) is 0 Å². The smallest absolute Gasteiger partial charge is 0.0910 e. The van der Waals surface area contributed by atoms with Gasteiger partial charge in [-0.05, 0) is 12.1 Å². The van der Waals surface area contributed by atoms with Gasteiger partial charge in [0.25, 0.3) is 0 Å². The number of allylic oxidation sites excluding steroid dienone is 2. The highest BCUT2D eigenvalue weighted by molar-refractivity contribution is 7.60. The summed E-state index contributed by atoms with van der Waals surface area (Å²) in [5.41, 5.74) is 0. The van der Waals surface area contributed by atoms with Crippen LogP contribution in [0.5, 0.6) is 0 Å². The largest absolute Gasteiger partial charge is 0.125 e. The van der Waals surface area contributed by atoms with Crippen LogP contribution < -0.4 is 20.7 Å². The molecule has 1 heterocycles. The first-order valence-electron chi connectivity index (χ1n) is 10.7. The fourth-order valence-corrected chi connectivity index (χ4v) is 24.6. The Morgan fingerprint density at radius 3 is 0.800 bits per heavy atom. The Hall–Kier alpha value is -2.95. The number of hydrogen-bond acceptors (Lipinski definition) is 0. The van der Waals surface area contributed by atoms with Crippen LogP contribution in [0.25, 0.3) is 0 Å². The maximum absolute atomic E-state index is 2.48. The van der Waals surface area contributed by atoms with Gasteiger partial charge < -0.3 is 0 Å². The van der Waals surface area contributed by atoms with E-state index < -0.39 is 15.2 Å². The van der Waals surface area contributed by atoms with Crippen LogP contribution in [0.2, 0.25) is 12.1 Å². The Bertz CT molecular complexity index is 948. The van der Waals surface area contributed by atoms with Gasteiger partial charge in [0.05, 0.1) is 0 Å². The molecule has 0 nitrogen and oxygen atoms in total. The van der Waals surface area contributed by atoms with E-state index in [0.29, 0.717) is 0 Å². The zero-order valence-electron chi connectivity index (χ0n) is 17.1. The van der Waals surface area contributed by atoms with Gasteiger partial charge in [-0.15, -0.1) is 0 Å². The summed E-state index contributed by atoms with van der Waals surface area (Å²) in [7, 11) is -4.29. The van der Waals surface area contributed by atoms with E-state index in [1.54, 1.807) is 20.7 Å². The number of rotatable bonds is 4. The maximum atomic E-state index is 2.48. The molecule has 0 bridgehead atoms. The summed E-state index contributed by atoms with van der Waals surface area (Å²) in [6.07, 6.45) is 4.95. The lowest BCUT2D eigenvalue weighted by Crippen LogP contribution is -2.85. The van der Waals surface area contributed by atoms with Crippen molar-refractivity contribution >= 4 is 35.9 Å². The predicted molar refractivity (Wildman–Crippen MR) is 135 cm³/mol. The minimum atomic E-state index is -2.14. The van der Waals surface area contributed by atoms with E-state index in [9.17, 15) is 0 Å². The van der Waals surface area contributed by atoms with Crippen molar-refractivity contribution in [2.45, 2.75) is 12.1 Å². The third-order valence-electron chi connectivity index (χ3n) is 6.81. The van der Waals surface area contributed by atoms with Crippen LogP contribution >= 0.6 is 0 Å². The van der Waals surface area contributed by atoms with Crippen LogP contribution in [-0.2, 0) is 0 Å². The molecular weight excluding hydrogens is 392 g/mol. The molecule has 0 atom stereocenters. The van der Waals surface area contributed by atoms with Gasteiger partial charge in [0.15, 0.2) is 0 Å². The second-order valence-electron chi connectivity index (χ2n) is 8.15. The fourth-order valence-electron chi connectivity index (χ4n) is 5.55. The molecule has 0 unspecified atom stereocenters. The molecule has 0 radical (unpaired) electrons. The van der Waals surface area contributed by atoms with Gasteiger partial charge in [0.2, 0.25) is 0 Å². The Morgan fingerprint density at radius 2 is 0.567 bits per heavy atom. The highest BCUT2D eigenvalue weighted by atomic mass is 29.3. The Balaban J connectivity index is 1.94. The Kier molecular flexibility index (Phi) is 5.11. The van der Waals surface area contributed by atoms with E-state index >= 15 is 0 Å². The standard InChI is InChI=1S/C28H26Si2/c1-5-15-25(16-6-1)29(26-17-7-2-8-18-26)23-13-14-24-30(29,27-19-9-3-10-20-27)28-21-11-4-12-22-28/h1-22H,23-24H2. The molecule has 146 valence electrons. The molecule has 0 aromatic heterocycles. The molecule has 0 N–H and O–H groups in total. The lowest BCUT2D eigenvalue weighted by Gasteiger charge is -2.51. The van der Waals surface area contributed by atoms with E-state index in [2.05, 4.69) is 133 Å². The van der Waals surface area contributed by atoms with Crippen molar-refractivity contribution in [3.05, 3.63) is 133 Å². The lowest BCUT2D eigenvalue weighted by atomic mass is 10.4. The predicted octanol–water partition coefficient (Wildman–Crippen LogP) is 4.16. The van der Waals surface area contributed by atoms with Gasteiger partial charge in [0.1, 0.15) is 15.2 Å². The summed E-state index contributed by atoms with van der Waals surface area (Å²) < 4.78 is 0. The fraction of sp³-hybridized carbons (Fsp3) is 0.0714. The average molecular weight is 419 g/mol. The monoisotopic (exact) mass is 418 g/mol. The molecule has 0 saturated carbocycles. The van der Waals surface area contributed by atoms with Crippen LogP contribution in [0.3, 0.4) is 0 Å². The van der Waals surface area contributed by atoms with Gasteiger partial charge >= 0.3 is 0 Å². The molecule has 0 amide bonds. The summed E-state index contributed by atoms with van der Waals surface area (Å²) >= 11 is 0. The van der Waals surface area contributed by atoms with Crippen LogP contribution in [0, 0.1) is 0 Å². The summed E-state index contributed by atoms with van der Waals surface area (Å²) in [5.74, 6) is 0. The molecule has 4 aromatic rings. The first-order chi connectivity index (χ1) is 14.9. The van der Waals surface area contributed by atoms with Crippen molar-refractivity contribution in [1.82, 2.24) is 0 Å². The molecule has 0 fully saturated rings. The van der Waals surface area contributed by atoms with Gasteiger partial charge in [-0.2, -0.15) is 0 Å². The quantitative estimate of drug-likeness (QED) is 0.345. The summed E-state index contributed by atoms with van der Waals surface area (Å²) in [5, 5.41) is 6.28. The topological polar surface area (TPSA) is 0 Å². The Morgan fingerprint density at radius 1 is 0.333 bits per heavy atom. The minimum absolute atomic E-state index is 1.16. The highest BCUT2D eigenvalue weighted by Gasteiger charge is 2.59. The third kappa shape index (κ3) is 2.87. The zero-order valence-corrected chi connectivity index (χ0v) is 19.1.